The van der Waals surface area contributed by atoms with Crippen molar-refractivity contribution in [1.29, 1.82) is 0 Å². The van der Waals surface area contributed by atoms with E-state index in [0.29, 0.717) is 29.1 Å². The Hall–Kier alpha value is -1.88. The summed E-state index contributed by atoms with van der Waals surface area (Å²) >= 11 is 5.95. The van der Waals surface area contributed by atoms with Crippen LogP contribution in [-0.2, 0) is 4.84 Å². The van der Waals surface area contributed by atoms with Gasteiger partial charge in [-0.2, -0.15) is 4.98 Å². The van der Waals surface area contributed by atoms with Crippen molar-refractivity contribution in [3.63, 3.8) is 0 Å². The van der Waals surface area contributed by atoms with Gasteiger partial charge >= 0.3 is 0 Å². The first-order valence-electron chi connectivity index (χ1n) is 6.45. The highest BCUT2D eigenvalue weighted by Gasteiger charge is 2.29. The molecule has 1 aliphatic rings. The predicted molar refractivity (Wildman–Crippen MR) is 75.5 cm³/mol. The number of aromatic nitrogens is 2. The summed E-state index contributed by atoms with van der Waals surface area (Å²) in [6, 6.07) is 7.32. The van der Waals surface area contributed by atoms with Gasteiger partial charge in [0.2, 0.25) is 11.9 Å². The highest BCUT2D eigenvalue weighted by molar-refractivity contribution is 6.30. The van der Waals surface area contributed by atoms with Crippen molar-refractivity contribution < 1.29 is 9.36 Å². The van der Waals surface area contributed by atoms with Crippen LogP contribution in [0.4, 0.5) is 0 Å². The molecule has 0 spiro atoms. The van der Waals surface area contributed by atoms with E-state index in [1.807, 2.05) is 12.1 Å². The smallest absolute Gasteiger partial charge is 0.271 e. The highest BCUT2D eigenvalue weighted by Crippen LogP contribution is 2.30. The fraction of sp³-hybridized carbons (Fsp3) is 0.357. The molecule has 0 amide bonds. The Balaban J connectivity index is 1.79. The third-order valence-electron chi connectivity index (χ3n) is 3.16. The second-order valence-electron chi connectivity index (χ2n) is 5.00. The van der Waals surface area contributed by atoms with Crippen LogP contribution in [0.15, 0.2) is 33.9 Å². The van der Waals surface area contributed by atoms with Gasteiger partial charge in [0.15, 0.2) is 0 Å². The SMILES string of the molecule is CC(C)C1=NO[C@H](c2nc(-c3cccc(Cl)c3)no2)C1. The molecule has 0 saturated carbocycles. The van der Waals surface area contributed by atoms with E-state index < -0.39 is 0 Å². The van der Waals surface area contributed by atoms with Gasteiger partial charge in [-0.3, -0.25) is 0 Å². The van der Waals surface area contributed by atoms with E-state index in [9.17, 15) is 0 Å². The second kappa shape index (κ2) is 5.25. The van der Waals surface area contributed by atoms with Gasteiger partial charge < -0.3 is 9.36 Å². The number of rotatable bonds is 3. The third kappa shape index (κ3) is 2.54. The molecular weight excluding hydrogens is 278 g/mol. The Kier molecular flexibility index (Phi) is 3.44. The van der Waals surface area contributed by atoms with Gasteiger partial charge in [0.25, 0.3) is 5.89 Å². The maximum absolute atomic E-state index is 5.95. The molecule has 0 saturated heterocycles. The van der Waals surface area contributed by atoms with Crippen molar-refractivity contribution in [2.45, 2.75) is 26.4 Å². The zero-order chi connectivity index (χ0) is 14.1. The van der Waals surface area contributed by atoms with Crippen molar-refractivity contribution in [1.82, 2.24) is 10.1 Å². The summed E-state index contributed by atoms with van der Waals surface area (Å²) in [5.74, 6) is 1.30. The lowest BCUT2D eigenvalue weighted by molar-refractivity contribution is 0.0599. The van der Waals surface area contributed by atoms with Gasteiger partial charge in [0.05, 0.1) is 5.71 Å². The summed E-state index contributed by atoms with van der Waals surface area (Å²) in [4.78, 5) is 9.71. The summed E-state index contributed by atoms with van der Waals surface area (Å²) in [5, 5.41) is 8.66. The number of nitrogens with zero attached hydrogens (tertiary/aromatic N) is 3. The fourth-order valence-corrected chi connectivity index (χ4v) is 2.17. The van der Waals surface area contributed by atoms with Gasteiger partial charge in [0, 0.05) is 17.0 Å². The van der Waals surface area contributed by atoms with E-state index in [4.69, 9.17) is 21.0 Å². The van der Waals surface area contributed by atoms with Crippen LogP contribution >= 0.6 is 11.6 Å². The molecule has 3 rings (SSSR count). The number of halogens is 1. The summed E-state index contributed by atoms with van der Waals surface area (Å²) in [7, 11) is 0. The number of benzene rings is 1. The summed E-state index contributed by atoms with van der Waals surface area (Å²) in [5.41, 5.74) is 1.83. The zero-order valence-corrected chi connectivity index (χ0v) is 12.0. The molecule has 5 nitrogen and oxygen atoms in total. The van der Waals surface area contributed by atoms with Gasteiger partial charge in [-0.15, -0.1) is 0 Å². The maximum Gasteiger partial charge on any atom is 0.271 e. The Morgan fingerprint density at radius 3 is 2.90 bits per heavy atom. The van der Waals surface area contributed by atoms with Crippen LogP contribution in [0.25, 0.3) is 11.4 Å². The highest BCUT2D eigenvalue weighted by atomic mass is 35.5. The predicted octanol–water partition coefficient (Wildman–Crippen LogP) is 3.86. The van der Waals surface area contributed by atoms with Crippen molar-refractivity contribution in [2.24, 2.45) is 11.1 Å². The quantitative estimate of drug-likeness (QED) is 0.861. The number of hydrogen-bond donors (Lipinski definition) is 0. The van der Waals surface area contributed by atoms with Crippen LogP contribution in [0.2, 0.25) is 5.02 Å². The van der Waals surface area contributed by atoms with Crippen molar-refractivity contribution in [3.8, 4) is 11.4 Å². The molecular formula is C14H14ClN3O2. The summed E-state index contributed by atoms with van der Waals surface area (Å²) in [6.07, 6.45) is 0.405. The Bertz CT molecular complexity index is 651. The molecule has 2 aromatic rings. The van der Waals surface area contributed by atoms with Crippen LogP contribution in [0.3, 0.4) is 0 Å². The molecule has 2 heterocycles. The molecule has 1 aliphatic heterocycles. The monoisotopic (exact) mass is 291 g/mol. The third-order valence-corrected chi connectivity index (χ3v) is 3.39. The van der Waals surface area contributed by atoms with Crippen molar-refractivity contribution >= 4 is 17.3 Å². The molecule has 20 heavy (non-hydrogen) atoms. The minimum atomic E-state index is -0.284. The van der Waals surface area contributed by atoms with E-state index in [1.165, 1.54) is 0 Å². The average Bonchev–Trinajstić information content (AvgIpc) is 3.08. The van der Waals surface area contributed by atoms with Gasteiger partial charge in [-0.1, -0.05) is 47.9 Å². The second-order valence-corrected chi connectivity index (χ2v) is 5.44. The number of oxime groups is 1. The molecule has 6 heteroatoms. The lowest BCUT2D eigenvalue weighted by Gasteiger charge is -2.02. The topological polar surface area (TPSA) is 60.5 Å². The first-order valence-corrected chi connectivity index (χ1v) is 6.83. The van der Waals surface area contributed by atoms with Crippen LogP contribution in [0.5, 0.6) is 0 Å². The molecule has 0 radical (unpaired) electrons. The molecule has 0 unspecified atom stereocenters. The molecule has 0 fully saturated rings. The van der Waals surface area contributed by atoms with Crippen molar-refractivity contribution in [2.75, 3.05) is 0 Å². The summed E-state index contributed by atoms with van der Waals surface area (Å²) < 4.78 is 5.27. The van der Waals surface area contributed by atoms with Crippen molar-refractivity contribution in [3.05, 3.63) is 35.2 Å². The fourth-order valence-electron chi connectivity index (χ4n) is 1.98. The van der Waals surface area contributed by atoms with Crippen LogP contribution in [0, 0.1) is 5.92 Å². The van der Waals surface area contributed by atoms with Gasteiger partial charge in [-0.25, -0.2) is 0 Å². The Morgan fingerprint density at radius 1 is 1.35 bits per heavy atom. The first kappa shape index (κ1) is 13.1. The zero-order valence-electron chi connectivity index (χ0n) is 11.2. The Morgan fingerprint density at radius 2 is 2.20 bits per heavy atom. The molecule has 104 valence electrons. The van der Waals surface area contributed by atoms with Crippen LogP contribution in [-0.4, -0.2) is 15.9 Å². The normalized spacial score (nSPS) is 18.2. The van der Waals surface area contributed by atoms with E-state index in [0.717, 1.165) is 11.3 Å². The molecule has 1 aromatic carbocycles. The lowest BCUT2D eigenvalue weighted by Crippen LogP contribution is -2.06. The molecule has 0 N–H and O–H groups in total. The van der Waals surface area contributed by atoms with Gasteiger partial charge in [-0.05, 0) is 18.1 Å². The standard InChI is InChI=1S/C14H14ClN3O2/c1-8(2)11-7-12(19-17-11)14-16-13(18-20-14)9-4-3-5-10(15)6-9/h3-6,8,12H,7H2,1-2H3/t12-/m0/s1. The van der Waals surface area contributed by atoms with E-state index in [-0.39, 0.29) is 6.10 Å². The average molecular weight is 292 g/mol. The minimum absolute atomic E-state index is 0.284. The van der Waals surface area contributed by atoms with Crippen LogP contribution in [0.1, 0.15) is 32.3 Å². The van der Waals surface area contributed by atoms with E-state index in [2.05, 4.69) is 29.1 Å². The maximum atomic E-state index is 5.95. The van der Waals surface area contributed by atoms with E-state index >= 15 is 0 Å². The molecule has 1 atom stereocenters. The summed E-state index contributed by atoms with van der Waals surface area (Å²) in [6.45, 7) is 4.16. The number of hydrogen-bond acceptors (Lipinski definition) is 5. The largest absolute Gasteiger partial charge is 0.382 e. The molecule has 0 aliphatic carbocycles. The minimum Gasteiger partial charge on any atom is -0.382 e. The van der Waals surface area contributed by atoms with Crippen LogP contribution < -0.4 is 0 Å². The Labute approximate surface area is 121 Å². The van der Waals surface area contributed by atoms with Gasteiger partial charge in [0.1, 0.15) is 0 Å². The molecule has 1 aromatic heterocycles. The lowest BCUT2D eigenvalue weighted by atomic mass is 10.0. The molecule has 0 bridgehead atoms. The van der Waals surface area contributed by atoms with E-state index in [1.54, 1.807) is 12.1 Å². The first-order chi connectivity index (χ1) is 9.63.